The molecule has 1 N–H and O–H groups in total. The van der Waals surface area contributed by atoms with Crippen LogP contribution in [0.1, 0.15) is 13.8 Å². The van der Waals surface area contributed by atoms with Crippen molar-refractivity contribution in [3.05, 3.63) is 28.7 Å². The van der Waals surface area contributed by atoms with E-state index in [0.717, 1.165) is 26.2 Å². The van der Waals surface area contributed by atoms with Gasteiger partial charge in [-0.2, -0.15) is 4.31 Å². The lowest BCUT2D eigenvalue weighted by molar-refractivity contribution is 0.0316. The third kappa shape index (κ3) is 3.09. The van der Waals surface area contributed by atoms with Crippen LogP contribution in [0.3, 0.4) is 0 Å². The average Bonchev–Trinajstić information content (AvgIpc) is 2.92. The van der Waals surface area contributed by atoms with Gasteiger partial charge in [0.1, 0.15) is 0 Å². The Labute approximate surface area is 152 Å². The number of oxazole rings is 1. The van der Waals surface area contributed by atoms with Crippen LogP contribution in [0.2, 0.25) is 0 Å². The Morgan fingerprint density at radius 1 is 1.15 bits per heavy atom. The van der Waals surface area contributed by atoms with Gasteiger partial charge in [0.2, 0.25) is 10.0 Å². The Balaban J connectivity index is 1.41. The molecular formula is C17H24N4O4S. The SMILES string of the molecule is CC(C)N1CCN(C2CN(S(=O)(=O)c3ccc4[nH]c(=O)oc4c3)C2)CC1. The highest BCUT2D eigenvalue weighted by Crippen LogP contribution is 2.26. The van der Waals surface area contributed by atoms with Crippen LogP contribution in [0.25, 0.3) is 11.1 Å². The van der Waals surface area contributed by atoms with Crippen molar-refractivity contribution >= 4 is 21.1 Å². The number of fused-ring (bicyclic) bond motifs is 1. The van der Waals surface area contributed by atoms with Crippen LogP contribution in [0.4, 0.5) is 0 Å². The van der Waals surface area contributed by atoms with Gasteiger partial charge >= 0.3 is 5.76 Å². The fraction of sp³-hybridized carbons (Fsp3) is 0.588. The Morgan fingerprint density at radius 3 is 2.50 bits per heavy atom. The van der Waals surface area contributed by atoms with Crippen LogP contribution >= 0.6 is 0 Å². The van der Waals surface area contributed by atoms with E-state index in [1.54, 1.807) is 6.07 Å². The summed E-state index contributed by atoms with van der Waals surface area (Å²) in [5.74, 6) is -0.584. The zero-order valence-electron chi connectivity index (χ0n) is 15.0. The minimum Gasteiger partial charge on any atom is -0.408 e. The summed E-state index contributed by atoms with van der Waals surface area (Å²) in [6, 6.07) is 5.33. The molecule has 142 valence electrons. The first-order valence-corrected chi connectivity index (χ1v) is 10.4. The van der Waals surface area contributed by atoms with E-state index in [-0.39, 0.29) is 16.5 Å². The molecule has 2 fully saturated rings. The number of benzene rings is 1. The maximum atomic E-state index is 12.8. The number of H-pyrrole nitrogens is 1. The molecule has 0 aliphatic carbocycles. The number of rotatable bonds is 4. The topological polar surface area (TPSA) is 89.9 Å². The summed E-state index contributed by atoms with van der Waals surface area (Å²) in [6.07, 6.45) is 0. The van der Waals surface area contributed by atoms with Gasteiger partial charge in [-0.3, -0.25) is 14.8 Å². The quantitative estimate of drug-likeness (QED) is 0.832. The van der Waals surface area contributed by atoms with Gasteiger partial charge in [0.25, 0.3) is 0 Å². The minimum atomic E-state index is -3.56. The largest absolute Gasteiger partial charge is 0.417 e. The fourth-order valence-electron chi connectivity index (χ4n) is 3.70. The maximum absolute atomic E-state index is 12.8. The van der Waals surface area contributed by atoms with E-state index < -0.39 is 15.8 Å². The Hall–Kier alpha value is -1.68. The highest BCUT2D eigenvalue weighted by atomic mass is 32.2. The second-order valence-corrected chi connectivity index (χ2v) is 9.25. The molecule has 3 heterocycles. The van der Waals surface area contributed by atoms with Crippen LogP contribution in [0, 0.1) is 0 Å². The van der Waals surface area contributed by atoms with Gasteiger partial charge in [-0.25, -0.2) is 13.2 Å². The predicted octanol–water partition coefficient (Wildman–Crippen LogP) is 0.520. The predicted molar refractivity (Wildman–Crippen MR) is 97.7 cm³/mol. The van der Waals surface area contributed by atoms with Crippen LogP contribution in [0.15, 0.2) is 32.3 Å². The summed E-state index contributed by atoms with van der Waals surface area (Å²) in [4.78, 5) is 18.8. The van der Waals surface area contributed by atoms with Crippen molar-refractivity contribution < 1.29 is 12.8 Å². The third-order valence-corrected chi connectivity index (χ3v) is 7.28. The second-order valence-electron chi connectivity index (χ2n) is 7.31. The number of aromatic nitrogens is 1. The minimum absolute atomic E-state index is 0.163. The molecule has 0 radical (unpaired) electrons. The molecule has 1 aromatic heterocycles. The molecule has 0 amide bonds. The number of hydrogen-bond acceptors (Lipinski definition) is 6. The second kappa shape index (κ2) is 6.49. The van der Waals surface area contributed by atoms with Gasteiger partial charge in [-0.15, -0.1) is 0 Å². The fourth-order valence-corrected chi connectivity index (χ4v) is 5.23. The first-order chi connectivity index (χ1) is 12.3. The van der Waals surface area contributed by atoms with E-state index in [1.807, 2.05) is 0 Å². The lowest BCUT2D eigenvalue weighted by Crippen LogP contribution is -2.64. The van der Waals surface area contributed by atoms with Crippen molar-refractivity contribution in [1.82, 2.24) is 19.1 Å². The van der Waals surface area contributed by atoms with Crippen molar-refractivity contribution in [3.63, 3.8) is 0 Å². The van der Waals surface area contributed by atoms with Gasteiger partial charge in [-0.1, -0.05) is 0 Å². The highest BCUT2D eigenvalue weighted by Gasteiger charge is 2.40. The molecule has 0 saturated carbocycles. The van der Waals surface area contributed by atoms with Gasteiger partial charge in [0.15, 0.2) is 5.58 Å². The molecule has 9 heteroatoms. The molecule has 0 unspecified atom stereocenters. The number of nitrogens with one attached hydrogen (secondary N) is 1. The molecule has 2 saturated heterocycles. The number of sulfonamides is 1. The molecule has 2 aliphatic rings. The lowest BCUT2D eigenvalue weighted by Gasteiger charge is -2.47. The molecule has 0 spiro atoms. The molecule has 26 heavy (non-hydrogen) atoms. The lowest BCUT2D eigenvalue weighted by atomic mass is 10.1. The highest BCUT2D eigenvalue weighted by molar-refractivity contribution is 7.89. The van der Waals surface area contributed by atoms with Gasteiger partial charge in [0.05, 0.1) is 10.4 Å². The first kappa shape index (κ1) is 17.7. The summed E-state index contributed by atoms with van der Waals surface area (Å²) in [7, 11) is -3.56. The summed E-state index contributed by atoms with van der Waals surface area (Å²) in [5.41, 5.74) is 0.761. The molecule has 4 rings (SSSR count). The summed E-state index contributed by atoms with van der Waals surface area (Å²) >= 11 is 0. The number of piperazine rings is 1. The third-order valence-electron chi connectivity index (χ3n) is 5.45. The normalized spacial score (nSPS) is 21.5. The van der Waals surface area contributed by atoms with E-state index in [4.69, 9.17) is 4.42 Å². The molecule has 1 aromatic carbocycles. The molecule has 0 atom stereocenters. The molecular weight excluding hydrogens is 356 g/mol. The van der Waals surface area contributed by atoms with Crippen molar-refractivity contribution in [2.24, 2.45) is 0 Å². The zero-order chi connectivity index (χ0) is 18.5. The van der Waals surface area contributed by atoms with Crippen molar-refractivity contribution in [3.8, 4) is 0 Å². The van der Waals surface area contributed by atoms with E-state index in [2.05, 4.69) is 28.6 Å². The van der Waals surface area contributed by atoms with Crippen molar-refractivity contribution in [2.45, 2.75) is 30.8 Å². The Morgan fingerprint density at radius 2 is 1.85 bits per heavy atom. The number of aromatic amines is 1. The number of nitrogens with zero attached hydrogens (tertiary/aromatic N) is 3. The smallest absolute Gasteiger partial charge is 0.408 e. The van der Waals surface area contributed by atoms with Crippen LogP contribution in [-0.4, -0.2) is 78.9 Å². The molecule has 0 bridgehead atoms. The monoisotopic (exact) mass is 380 g/mol. The zero-order valence-corrected chi connectivity index (χ0v) is 15.8. The summed E-state index contributed by atoms with van der Waals surface area (Å²) < 4.78 is 32.1. The van der Waals surface area contributed by atoms with Crippen LogP contribution < -0.4 is 5.76 Å². The standard InChI is InChI=1S/C17H24N4O4S/c1-12(2)19-5-7-20(8-6-19)13-10-21(11-13)26(23,24)14-3-4-15-16(9-14)25-17(22)18-15/h3-4,9,12-13H,5-8,10-11H2,1-2H3,(H,18,22). The number of hydrogen-bond donors (Lipinski definition) is 1. The first-order valence-electron chi connectivity index (χ1n) is 8.96. The van der Waals surface area contributed by atoms with E-state index in [0.29, 0.717) is 24.6 Å². The van der Waals surface area contributed by atoms with Gasteiger partial charge in [-0.05, 0) is 26.0 Å². The molecule has 8 nitrogen and oxygen atoms in total. The average molecular weight is 380 g/mol. The van der Waals surface area contributed by atoms with Crippen LogP contribution in [0.5, 0.6) is 0 Å². The van der Waals surface area contributed by atoms with E-state index in [1.165, 1.54) is 16.4 Å². The maximum Gasteiger partial charge on any atom is 0.417 e. The van der Waals surface area contributed by atoms with Crippen LogP contribution in [-0.2, 0) is 10.0 Å². The van der Waals surface area contributed by atoms with E-state index in [9.17, 15) is 13.2 Å². The Bertz CT molecular complexity index is 951. The van der Waals surface area contributed by atoms with Crippen molar-refractivity contribution in [2.75, 3.05) is 39.3 Å². The Kier molecular flexibility index (Phi) is 4.42. The molecule has 2 aliphatic heterocycles. The van der Waals surface area contributed by atoms with Gasteiger partial charge in [0, 0.05) is 57.4 Å². The van der Waals surface area contributed by atoms with Gasteiger partial charge < -0.3 is 4.42 Å². The summed E-state index contributed by atoms with van der Waals surface area (Å²) in [5, 5.41) is 0. The van der Waals surface area contributed by atoms with Crippen molar-refractivity contribution in [1.29, 1.82) is 0 Å². The summed E-state index contributed by atoms with van der Waals surface area (Å²) in [6.45, 7) is 9.47. The molecule has 2 aromatic rings. The van der Waals surface area contributed by atoms with E-state index >= 15 is 0 Å².